The number of carbonyl (C=O) groups is 1. The molecule has 0 aliphatic rings. The van der Waals surface area contributed by atoms with Crippen LogP contribution < -0.4 is 5.32 Å². The minimum atomic E-state index is -4.74. The highest BCUT2D eigenvalue weighted by molar-refractivity contribution is 5.71. The highest BCUT2D eigenvalue weighted by Crippen LogP contribution is 2.26. The predicted molar refractivity (Wildman–Crippen MR) is 64.8 cm³/mol. The molecule has 0 aromatic heterocycles. The molecule has 0 aliphatic heterocycles. The first-order chi connectivity index (χ1) is 8.71. The molecule has 1 aromatic carbocycles. The minimum absolute atomic E-state index is 0.343. The van der Waals surface area contributed by atoms with Crippen molar-refractivity contribution in [2.45, 2.75) is 26.1 Å². The van der Waals surface area contributed by atoms with Gasteiger partial charge in [0.1, 0.15) is 0 Å². The fourth-order valence-electron chi connectivity index (χ4n) is 1.61. The summed E-state index contributed by atoms with van der Waals surface area (Å²) in [4.78, 5) is 10.6. The molecule has 19 heavy (non-hydrogen) atoms. The lowest BCUT2D eigenvalue weighted by Crippen LogP contribution is -2.39. The van der Waals surface area contributed by atoms with Gasteiger partial charge in [0.05, 0.1) is 0 Å². The van der Waals surface area contributed by atoms with Crippen molar-refractivity contribution < 1.29 is 23.1 Å². The molecule has 0 heterocycles. The first kappa shape index (κ1) is 15.5. The summed E-state index contributed by atoms with van der Waals surface area (Å²) in [7, 11) is 0. The van der Waals surface area contributed by atoms with E-state index in [4.69, 9.17) is 5.11 Å². The number of nitrogens with one attached hydrogen (secondary N) is 1. The van der Waals surface area contributed by atoms with Crippen LogP contribution in [0.3, 0.4) is 0 Å². The molecule has 0 saturated carbocycles. The number of hydrogen-bond donors (Lipinski definition) is 2. The van der Waals surface area contributed by atoms with Crippen LogP contribution in [0.1, 0.15) is 24.1 Å². The molecule has 6 heteroatoms. The molecule has 1 unspecified atom stereocenters. The van der Waals surface area contributed by atoms with Gasteiger partial charge in [-0.05, 0) is 19.4 Å². The lowest BCUT2D eigenvalue weighted by atomic mass is 10.0. The van der Waals surface area contributed by atoms with Crippen LogP contribution in [-0.2, 0) is 4.79 Å². The van der Waals surface area contributed by atoms with E-state index < -0.39 is 24.6 Å². The van der Waals surface area contributed by atoms with E-state index >= 15 is 0 Å². The van der Waals surface area contributed by atoms with Crippen molar-refractivity contribution >= 4 is 5.97 Å². The van der Waals surface area contributed by atoms with Crippen LogP contribution in [0.4, 0.5) is 13.2 Å². The molecule has 0 aliphatic carbocycles. The number of hydrogen-bond acceptors (Lipinski definition) is 2. The summed E-state index contributed by atoms with van der Waals surface area (Å²) in [5, 5.41) is 11.2. The zero-order valence-corrected chi connectivity index (χ0v) is 10.7. The molecule has 0 fully saturated rings. The van der Waals surface area contributed by atoms with E-state index in [0.717, 1.165) is 11.1 Å². The average molecular weight is 275 g/mol. The first-order valence-electron chi connectivity index (χ1n) is 5.81. The quantitative estimate of drug-likeness (QED) is 0.868. The summed E-state index contributed by atoms with van der Waals surface area (Å²) in [6.07, 6.45) is -4.74. The second-order valence-corrected chi connectivity index (χ2v) is 4.47. The minimum Gasteiger partial charge on any atom is -0.481 e. The Balaban J connectivity index is 2.64. The van der Waals surface area contributed by atoms with Crippen molar-refractivity contribution in [3.05, 3.63) is 35.4 Å². The normalized spacial score (nSPS) is 15.0. The van der Waals surface area contributed by atoms with E-state index in [1.165, 1.54) is 0 Å². The van der Waals surface area contributed by atoms with Crippen LogP contribution in [-0.4, -0.2) is 23.8 Å². The van der Waals surface area contributed by atoms with Gasteiger partial charge in [0, 0.05) is 12.6 Å². The largest absolute Gasteiger partial charge is 0.481 e. The summed E-state index contributed by atoms with van der Waals surface area (Å²) in [6, 6.07) is 6.97. The SMILES string of the molecule is Cc1ccc([C@H](C)NCC(C(=O)O)C(F)(F)F)cc1. The third-order valence-electron chi connectivity index (χ3n) is 2.90. The number of carboxylic acids is 1. The molecule has 0 amide bonds. The Morgan fingerprint density at radius 1 is 1.32 bits per heavy atom. The van der Waals surface area contributed by atoms with Gasteiger partial charge in [0.25, 0.3) is 0 Å². The Kier molecular flexibility index (Phi) is 4.94. The summed E-state index contributed by atoms with van der Waals surface area (Å²) in [5.74, 6) is -4.25. The van der Waals surface area contributed by atoms with Crippen LogP contribution in [0.2, 0.25) is 0 Å². The Morgan fingerprint density at radius 3 is 2.26 bits per heavy atom. The fraction of sp³-hybridized carbons (Fsp3) is 0.462. The number of halogens is 3. The summed E-state index contributed by atoms with van der Waals surface area (Å²) >= 11 is 0. The summed E-state index contributed by atoms with van der Waals surface area (Å²) in [6.45, 7) is 2.96. The molecule has 106 valence electrons. The van der Waals surface area contributed by atoms with Gasteiger partial charge >= 0.3 is 12.1 Å². The van der Waals surface area contributed by atoms with E-state index in [0.29, 0.717) is 0 Å². The van der Waals surface area contributed by atoms with Gasteiger partial charge in [-0.3, -0.25) is 4.79 Å². The molecule has 0 radical (unpaired) electrons. The van der Waals surface area contributed by atoms with Gasteiger partial charge in [-0.2, -0.15) is 13.2 Å². The molecule has 3 nitrogen and oxygen atoms in total. The van der Waals surface area contributed by atoms with Crippen LogP contribution in [0, 0.1) is 12.8 Å². The van der Waals surface area contributed by atoms with Gasteiger partial charge in [-0.1, -0.05) is 29.8 Å². The smallest absolute Gasteiger partial charge is 0.403 e. The van der Waals surface area contributed by atoms with Crippen LogP contribution in [0.5, 0.6) is 0 Å². The van der Waals surface area contributed by atoms with Gasteiger partial charge in [0.2, 0.25) is 0 Å². The monoisotopic (exact) mass is 275 g/mol. The molecule has 0 bridgehead atoms. The lowest BCUT2D eigenvalue weighted by molar-refractivity contribution is -0.192. The Hall–Kier alpha value is -1.56. The second kappa shape index (κ2) is 6.06. The summed E-state index contributed by atoms with van der Waals surface area (Å²) < 4.78 is 37.4. The number of rotatable bonds is 5. The molecular weight excluding hydrogens is 259 g/mol. The van der Waals surface area contributed by atoms with Crippen molar-refractivity contribution in [1.29, 1.82) is 0 Å². The molecule has 2 atom stereocenters. The van der Waals surface area contributed by atoms with Crippen molar-refractivity contribution in [2.75, 3.05) is 6.54 Å². The van der Waals surface area contributed by atoms with E-state index in [-0.39, 0.29) is 6.04 Å². The van der Waals surface area contributed by atoms with Crippen molar-refractivity contribution in [1.82, 2.24) is 5.32 Å². The molecule has 1 rings (SSSR count). The van der Waals surface area contributed by atoms with Crippen LogP contribution >= 0.6 is 0 Å². The van der Waals surface area contributed by atoms with Gasteiger partial charge in [-0.15, -0.1) is 0 Å². The topological polar surface area (TPSA) is 49.3 Å². The highest BCUT2D eigenvalue weighted by atomic mass is 19.4. The highest BCUT2D eigenvalue weighted by Gasteiger charge is 2.44. The first-order valence-corrected chi connectivity index (χ1v) is 5.81. The van der Waals surface area contributed by atoms with E-state index in [1.807, 2.05) is 19.1 Å². The Labute approximate surface area is 109 Å². The van der Waals surface area contributed by atoms with Crippen molar-refractivity contribution in [3.63, 3.8) is 0 Å². The van der Waals surface area contributed by atoms with Gasteiger partial charge in [0.15, 0.2) is 5.92 Å². The van der Waals surface area contributed by atoms with E-state index in [1.54, 1.807) is 19.1 Å². The molecule has 2 N–H and O–H groups in total. The number of carboxylic acid groups (broad SMARTS) is 1. The number of alkyl halides is 3. The fourth-order valence-corrected chi connectivity index (χ4v) is 1.61. The van der Waals surface area contributed by atoms with Crippen LogP contribution in [0.25, 0.3) is 0 Å². The van der Waals surface area contributed by atoms with Crippen molar-refractivity contribution in [3.8, 4) is 0 Å². The van der Waals surface area contributed by atoms with Crippen molar-refractivity contribution in [2.24, 2.45) is 5.92 Å². The maximum atomic E-state index is 12.5. The average Bonchev–Trinajstić information content (AvgIpc) is 2.27. The number of benzene rings is 1. The molecular formula is C13H16F3NO2. The second-order valence-electron chi connectivity index (χ2n) is 4.47. The predicted octanol–water partition coefficient (Wildman–Crippen LogP) is 2.91. The summed E-state index contributed by atoms with van der Waals surface area (Å²) in [5.41, 5.74) is 1.87. The maximum Gasteiger partial charge on any atom is 0.403 e. The van der Waals surface area contributed by atoms with E-state index in [9.17, 15) is 18.0 Å². The molecule has 0 saturated heterocycles. The zero-order valence-electron chi connectivity index (χ0n) is 10.7. The lowest BCUT2D eigenvalue weighted by Gasteiger charge is -2.20. The molecule has 0 spiro atoms. The third kappa shape index (κ3) is 4.55. The Morgan fingerprint density at radius 2 is 1.84 bits per heavy atom. The Bertz CT molecular complexity index is 429. The number of aliphatic carboxylic acids is 1. The standard InChI is InChI=1S/C13H16F3NO2/c1-8-3-5-10(6-4-8)9(2)17-7-11(12(18)19)13(14,15)16/h3-6,9,11,17H,7H2,1-2H3,(H,18,19)/t9-,11?/m0/s1. The molecule has 1 aromatic rings. The third-order valence-corrected chi connectivity index (χ3v) is 2.90. The van der Waals surface area contributed by atoms with Crippen LogP contribution in [0.15, 0.2) is 24.3 Å². The zero-order chi connectivity index (χ0) is 14.6. The number of aryl methyl sites for hydroxylation is 1. The van der Waals surface area contributed by atoms with E-state index in [2.05, 4.69) is 5.32 Å². The van der Waals surface area contributed by atoms with Gasteiger partial charge < -0.3 is 10.4 Å². The maximum absolute atomic E-state index is 12.5. The van der Waals surface area contributed by atoms with Gasteiger partial charge in [-0.25, -0.2) is 0 Å².